The summed E-state index contributed by atoms with van der Waals surface area (Å²) in [6.07, 6.45) is 0. The van der Waals surface area contributed by atoms with Crippen molar-refractivity contribution < 1.29 is 9.47 Å². The van der Waals surface area contributed by atoms with E-state index < -0.39 is 0 Å². The van der Waals surface area contributed by atoms with Gasteiger partial charge in [-0.2, -0.15) is 4.98 Å². The Kier molecular flexibility index (Phi) is 4.78. The van der Waals surface area contributed by atoms with Crippen LogP contribution in [-0.4, -0.2) is 23.8 Å². The van der Waals surface area contributed by atoms with Gasteiger partial charge in [-0.1, -0.05) is 36.4 Å². The predicted molar refractivity (Wildman–Crippen MR) is 105 cm³/mol. The number of hydrogen-bond acceptors (Lipinski definition) is 6. The zero-order valence-corrected chi connectivity index (χ0v) is 15.5. The third-order valence-electron chi connectivity index (χ3n) is 4.36. The van der Waals surface area contributed by atoms with Gasteiger partial charge in [-0.3, -0.25) is 0 Å². The smallest absolute Gasteiger partial charge is 0.231 e. The molecule has 2 aromatic carbocycles. The lowest BCUT2D eigenvalue weighted by Crippen LogP contribution is -2.20. The summed E-state index contributed by atoms with van der Waals surface area (Å²) in [6.45, 7) is 3.67. The maximum atomic E-state index is 5.44. The average molecular weight is 362 g/mol. The molecule has 0 bridgehead atoms. The molecule has 0 aliphatic carbocycles. The molecule has 1 N–H and O–H groups in total. The lowest BCUT2D eigenvalue weighted by Gasteiger charge is -2.18. The fourth-order valence-electron chi connectivity index (χ4n) is 2.99. The Morgan fingerprint density at radius 3 is 2.63 bits per heavy atom. The van der Waals surface area contributed by atoms with Gasteiger partial charge in [0.05, 0.1) is 0 Å². The summed E-state index contributed by atoms with van der Waals surface area (Å²) in [5.74, 6) is 3.08. The lowest BCUT2D eigenvalue weighted by molar-refractivity contribution is 0.174. The van der Waals surface area contributed by atoms with Crippen molar-refractivity contribution in [3.05, 3.63) is 71.4 Å². The fraction of sp³-hybridized carbons (Fsp3) is 0.238. The maximum absolute atomic E-state index is 5.44. The minimum Gasteiger partial charge on any atom is -0.454 e. The van der Waals surface area contributed by atoms with Crippen LogP contribution in [-0.2, 0) is 13.1 Å². The molecule has 138 valence electrons. The molecule has 2 heterocycles. The van der Waals surface area contributed by atoms with Crippen molar-refractivity contribution in [3.8, 4) is 11.5 Å². The largest absolute Gasteiger partial charge is 0.454 e. The van der Waals surface area contributed by atoms with E-state index >= 15 is 0 Å². The molecule has 0 unspecified atom stereocenters. The van der Waals surface area contributed by atoms with E-state index in [2.05, 4.69) is 27.4 Å². The van der Waals surface area contributed by atoms with Crippen molar-refractivity contribution in [2.24, 2.45) is 0 Å². The summed E-state index contributed by atoms with van der Waals surface area (Å²) < 4.78 is 10.8. The Morgan fingerprint density at radius 2 is 1.78 bits per heavy atom. The van der Waals surface area contributed by atoms with Crippen LogP contribution in [0.25, 0.3) is 0 Å². The number of hydrogen-bond donors (Lipinski definition) is 1. The van der Waals surface area contributed by atoms with Crippen LogP contribution in [0.4, 0.5) is 11.8 Å². The molecule has 0 saturated heterocycles. The van der Waals surface area contributed by atoms with E-state index in [1.54, 1.807) is 0 Å². The highest BCUT2D eigenvalue weighted by Crippen LogP contribution is 2.32. The maximum Gasteiger partial charge on any atom is 0.231 e. The molecule has 0 amide bonds. The first-order valence-electron chi connectivity index (χ1n) is 8.90. The standard InChI is InChI=1S/C21H22N4O2/c1-15-10-20(22-12-17-8-9-18-19(11-17)27-14-26-18)24-21(23-15)25(2)13-16-6-4-3-5-7-16/h3-11H,12-14H2,1-2H3,(H,22,23,24). The number of ether oxygens (including phenoxy) is 2. The van der Waals surface area contributed by atoms with Gasteiger partial charge >= 0.3 is 0 Å². The molecule has 6 heteroatoms. The van der Waals surface area contributed by atoms with Crippen LogP contribution in [0.1, 0.15) is 16.8 Å². The summed E-state index contributed by atoms with van der Waals surface area (Å²) in [4.78, 5) is 11.3. The van der Waals surface area contributed by atoms with Gasteiger partial charge in [-0.15, -0.1) is 0 Å². The zero-order valence-electron chi connectivity index (χ0n) is 15.5. The Balaban J connectivity index is 1.45. The van der Waals surface area contributed by atoms with E-state index in [4.69, 9.17) is 9.47 Å². The van der Waals surface area contributed by atoms with Gasteiger partial charge in [-0.05, 0) is 30.2 Å². The Hall–Kier alpha value is -3.28. The molecule has 1 aliphatic heterocycles. The first kappa shape index (κ1) is 17.1. The SMILES string of the molecule is Cc1cc(NCc2ccc3c(c2)OCO3)nc(N(C)Cc2ccccc2)n1. The number of nitrogens with zero attached hydrogens (tertiary/aromatic N) is 3. The summed E-state index contributed by atoms with van der Waals surface area (Å²) in [7, 11) is 2.00. The van der Waals surface area contributed by atoms with Crippen LogP contribution in [0.15, 0.2) is 54.6 Å². The quantitative estimate of drug-likeness (QED) is 0.720. The van der Waals surface area contributed by atoms with E-state index in [0.717, 1.165) is 35.1 Å². The molecular formula is C21H22N4O2. The number of anilines is 2. The van der Waals surface area contributed by atoms with Gasteiger partial charge in [0.25, 0.3) is 0 Å². The summed E-state index contributed by atoms with van der Waals surface area (Å²) in [5, 5.41) is 3.38. The molecule has 0 saturated carbocycles. The van der Waals surface area contributed by atoms with Crippen molar-refractivity contribution in [2.45, 2.75) is 20.0 Å². The number of nitrogens with one attached hydrogen (secondary N) is 1. The van der Waals surface area contributed by atoms with Crippen LogP contribution in [0.5, 0.6) is 11.5 Å². The Morgan fingerprint density at radius 1 is 0.963 bits per heavy atom. The highest BCUT2D eigenvalue weighted by atomic mass is 16.7. The molecule has 0 spiro atoms. The van der Waals surface area contributed by atoms with Crippen LogP contribution < -0.4 is 19.7 Å². The van der Waals surface area contributed by atoms with E-state index in [1.807, 2.05) is 61.3 Å². The van der Waals surface area contributed by atoms with Crippen LogP contribution in [0.2, 0.25) is 0 Å². The molecule has 27 heavy (non-hydrogen) atoms. The molecule has 0 fully saturated rings. The second kappa shape index (κ2) is 7.53. The molecule has 4 rings (SSSR count). The second-order valence-corrected chi connectivity index (χ2v) is 6.58. The minimum atomic E-state index is 0.286. The number of aromatic nitrogens is 2. The van der Waals surface area contributed by atoms with E-state index in [0.29, 0.717) is 12.5 Å². The van der Waals surface area contributed by atoms with Crippen molar-refractivity contribution in [3.63, 3.8) is 0 Å². The van der Waals surface area contributed by atoms with E-state index in [1.165, 1.54) is 5.56 Å². The van der Waals surface area contributed by atoms with Gasteiger partial charge in [0.15, 0.2) is 11.5 Å². The average Bonchev–Trinajstić information content (AvgIpc) is 3.14. The van der Waals surface area contributed by atoms with Crippen LogP contribution >= 0.6 is 0 Å². The summed E-state index contributed by atoms with van der Waals surface area (Å²) in [6, 6.07) is 18.2. The van der Waals surface area contributed by atoms with Crippen molar-refractivity contribution in [1.82, 2.24) is 9.97 Å². The summed E-state index contributed by atoms with van der Waals surface area (Å²) >= 11 is 0. The monoisotopic (exact) mass is 362 g/mol. The van der Waals surface area contributed by atoms with Crippen molar-refractivity contribution in [1.29, 1.82) is 0 Å². The topological polar surface area (TPSA) is 59.5 Å². The normalized spacial score (nSPS) is 12.1. The van der Waals surface area contributed by atoms with E-state index in [-0.39, 0.29) is 6.79 Å². The number of rotatable bonds is 6. The van der Waals surface area contributed by atoms with Crippen LogP contribution in [0.3, 0.4) is 0 Å². The zero-order chi connectivity index (χ0) is 18.6. The molecule has 1 aromatic heterocycles. The van der Waals surface area contributed by atoms with Gasteiger partial charge in [0, 0.05) is 31.9 Å². The van der Waals surface area contributed by atoms with E-state index in [9.17, 15) is 0 Å². The number of fused-ring (bicyclic) bond motifs is 1. The third kappa shape index (κ3) is 4.11. The molecular weight excluding hydrogens is 340 g/mol. The number of aryl methyl sites for hydroxylation is 1. The first-order valence-corrected chi connectivity index (χ1v) is 8.90. The highest BCUT2D eigenvalue weighted by Gasteiger charge is 2.13. The Labute approximate surface area is 158 Å². The minimum absolute atomic E-state index is 0.286. The molecule has 0 atom stereocenters. The van der Waals surface area contributed by atoms with Gasteiger partial charge < -0.3 is 19.7 Å². The van der Waals surface area contributed by atoms with Crippen molar-refractivity contribution >= 4 is 11.8 Å². The molecule has 0 radical (unpaired) electrons. The van der Waals surface area contributed by atoms with Crippen LogP contribution in [0, 0.1) is 6.92 Å². The number of benzene rings is 2. The first-order chi connectivity index (χ1) is 13.2. The lowest BCUT2D eigenvalue weighted by atomic mass is 10.2. The van der Waals surface area contributed by atoms with Crippen molar-refractivity contribution in [2.75, 3.05) is 24.1 Å². The van der Waals surface area contributed by atoms with Gasteiger partial charge in [-0.25, -0.2) is 4.98 Å². The van der Waals surface area contributed by atoms with Gasteiger partial charge in [0.1, 0.15) is 5.82 Å². The van der Waals surface area contributed by atoms with Gasteiger partial charge in [0.2, 0.25) is 12.7 Å². The summed E-state index contributed by atoms with van der Waals surface area (Å²) in [5.41, 5.74) is 3.25. The third-order valence-corrected chi connectivity index (χ3v) is 4.36. The molecule has 6 nitrogen and oxygen atoms in total. The fourth-order valence-corrected chi connectivity index (χ4v) is 2.99. The predicted octanol–water partition coefficient (Wildman–Crippen LogP) is 3.76. The second-order valence-electron chi connectivity index (χ2n) is 6.58. The Bertz CT molecular complexity index is 931. The molecule has 3 aromatic rings. The molecule has 1 aliphatic rings. The highest BCUT2D eigenvalue weighted by molar-refractivity contribution is 5.47.